The maximum Gasteiger partial charge on any atom is 0.408 e. The molecule has 0 aliphatic carbocycles. The number of hydrogen-bond acceptors (Lipinski definition) is 7. The number of hydrazone groups is 1. The van der Waals surface area contributed by atoms with Gasteiger partial charge in [-0.1, -0.05) is 5.16 Å². The van der Waals surface area contributed by atoms with Crippen molar-refractivity contribution >= 4 is 18.8 Å². The number of carbonyl (C=O) groups is 1. The number of halogens is 3. The third-order valence-electron chi connectivity index (χ3n) is 5.35. The van der Waals surface area contributed by atoms with Crippen LogP contribution in [0.1, 0.15) is 48.0 Å². The van der Waals surface area contributed by atoms with Crippen molar-refractivity contribution < 1.29 is 22.8 Å². The number of carbonyl (C=O) groups excluding carboxylic acids is 1. The van der Waals surface area contributed by atoms with Crippen LogP contribution in [0.3, 0.4) is 0 Å². The summed E-state index contributed by atoms with van der Waals surface area (Å²) in [5.74, 6) is -0.347. The van der Waals surface area contributed by atoms with Crippen LogP contribution < -0.4 is 0 Å². The van der Waals surface area contributed by atoms with E-state index in [1.807, 2.05) is 6.07 Å². The Morgan fingerprint density at radius 2 is 2.03 bits per heavy atom. The van der Waals surface area contributed by atoms with Crippen LogP contribution >= 0.6 is 0 Å². The number of hydrogen-bond donors (Lipinski definition) is 0. The van der Waals surface area contributed by atoms with Gasteiger partial charge in [0.2, 0.25) is 0 Å². The van der Waals surface area contributed by atoms with Gasteiger partial charge in [0, 0.05) is 42.1 Å². The summed E-state index contributed by atoms with van der Waals surface area (Å²) in [5.41, 5.74) is 3.01. The Balaban J connectivity index is 2.04. The SMILES string of the molecule is C=NN(/C=C(\C)N1C(=O)c2c(C)cc(-c3cncc(/C=N/OC)c3)nc2C1(C)C)CC(F)(F)F. The Kier molecular flexibility index (Phi) is 6.76. The van der Waals surface area contributed by atoms with Crippen molar-refractivity contribution in [3.8, 4) is 11.3 Å². The Morgan fingerprint density at radius 1 is 1.32 bits per heavy atom. The fourth-order valence-electron chi connectivity index (χ4n) is 3.98. The second-order valence-electron chi connectivity index (χ2n) is 8.30. The minimum absolute atomic E-state index is 0.282. The summed E-state index contributed by atoms with van der Waals surface area (Å²) in [6, 6.07) is 3.62. The minimum Gasteiger partial charge on any atom is -0.399 e. The van der Waals surface area contributed by atoms with Crippen molar-refractivity contribution in [2.75, 3.05) is 13.7 Å². The second-order valence-corrected chi connectivity index (χ2v) is 8.30. The first-order valence-electron chi connectivity index (χ1n) is 10.3. The van der Waals surface area contributed by atoms with Crippen LogP contribution in [0.5, 0.6) is 0 Å². The predicted octanol–water partition coefficient (Wildman–Crippen LogP) is 4.46. The topological polar surface area (TPSA) is 83.3 Å². The van der Waals surface area contributed by atoms with E-state index in [1.54, 1.807) is 46.2 Å². The maximum absolute atomic E-state index is 13.4. The number of fused-ring (bicyclic) bond motifs is 1. The number of alkyl halides is 3. The van der Waals surface area contributed by atoms with E-state index < -0.39 is 18.3 Å². The number of rotatable bonds is 7. The van der Waals surface area contributed by atoms with Crippen LogP contribution in [-0.2, 0) is 10.4 Å². The summed E-state index contributed by atoms with van der Waals surface area (Å²) in [6.45, 7) is 8.81. The van der Waals surface area contributed by atoms with E-state index in [0.717, 1.165) is 6.20 Å². The summed E-state index contributed by atoms with van der Waals surface area (Å²) in [4.78, 5) is 28.5. The van der Waals surface area contributed by atoms with E-state index in [2.05, 4.69) is 22.0 Å². The smallest absolute Gasteiger partial charge is 0.399 e. The molecule has 0 N–H and O–H groups in total. The summed E-state index contributed by atoms with van der Waals surface area (Å²) >= 11 is 0. The molecule has 0 atom stereocenters. The van der Waals surface area contributed by atoms with Crippen LogP contribution in [-0.4, -0.2) is 58.5 Å². The third kappa shape index (κ3) is 4.92. The lowest BCUT2D eigenvalue weighted by atomic mass is 9.96. The summed E-state index contributed by atoms with van der Waals surface area (Å²) in [6.07, 6.45) is 1.46. The highest BCUT2D eigenvalue weighted by Gasteiger charge is 2.46. The minimum atomic E-state index is -4.48. The first-order valence-corrected chi connectivity index (χ1v) is 10.3. The normalized spacial score (nSPS) is 15.6. The highest BCUT2D eigenvalue weighted by molar-refractivity contribution is 6.02. The van der Waals surface area contributed by atoms with E-state index >= 15 is 0 Å². The van der Waals surface area contributed by atoms with Gasteiger partial charge < -0.3 is 4.84 Å². The van der Waals surface area contributed by atoms with Gasteiger partial charge in [-0.05, 0) is 45.4 Å². The van der Waals surface area contributed by atoms with Gasteiger partial charge in [0.1, 0.15) is 13.7 Å². The Labute approximate surface area is 195 Å². The average Bonchev–Trinajstić information content (AvgIpc) is 2.96. The standard InChI is InChI=1S/C23H25F3N6O2/c1-14-7-18(17-8-16(9-28-11-17)10-29-34-6)30-20-19(14)21(33)32(22(20,3)4)15(2)12-31(27-5)13-23(24,25)26/h7-12H,5,13H2,1-4,6H3/b15-12+,29-10+. The van der Waals surface area contributed by atoms with Gasteiger partial charge in [-0.15, -0.1) is 0 Å². The van der Waals surface area contributed by atoms with Crippen molar-refractivity contribution in [3.05, 3.63) is 58.8 Å². The molecule has 0 radical (unpaired) electrons. The largest absolute Gasteiger partial charge is 0.408 e. The lowest BCUT2D eigenvalue weighted by Crippen LogP contribution is -2.39. The highest BCUT2D eigenvalue weighted by Crippen LogP contribution is 2.42. The molecular formula is C23H25F3N6O2. The van der Waals surface area contributed by atoms with E-state index in [0.29, 0.717) is 38.7 Å². The Morgan fingerprint density at radius 3 is 2.65 bits per heavy atom. The molecule has 34 heavy (non-hydrogen) atoms. The van der Waals surface area contributed by atoms with E-state index in [1.165, 1.54) is 18.2 Å². The number of amides is 1. The van der Waals surface area contributed by atoms with Gasteiger partial charge in [-0.25, -0.2) is 4.98 Å². The molecule has 2 aromatic rings. The predicted molar refractivity (Wildman–Crippen MR) is 122 cm³/mol. The van der Waals surface area contributed by atoms with Crippen molar-refractivity contribution in [1.82, 2.24) is 19.9 Å². The summed E-state index contributed by atoms with van der Waals surface area (Å²) in [7, 11) is 1.44. The first-order chi connectivity index (χ1) is 15.9. The van der Waals surface area contributed by atoms with Crippen LogP contribution in [0.25, 0.3) is 11.3 Å². The highest BCUT2D eigenvalue weighted by atomic mass is 19.4. The van der Waals surface area contributed by atoms with Gasteiger partial charge in [-0.3, -0.25) is 19.7 Å². The molecule has 11 heteroatoms. The number of nitrogens with zero attached hydrogens (tertiary/aromatic N) is 6. The van der Waals surface area contributed by atoms with Crippen molar-refractivity contribution in [2.45, 2.75) is 39.4 Å². The van der Waals surface area contributed by atoms with E-state index in [-0.39, 0.29) is 11.6 Å². The molecule has 0 fully saturated rings. The molecule has 180 valence electrons. The fraction of sp³-hybridized carbons (Fsp3) is 0.348. The molecule has 1 amide bonds. The van der Waals surface area contributed by atoms with Crippen molar-refractivity contribution in [3.63, 3.8) is 0 Å². The summed E-state index contributed by atoms with van der Waals surface area (Å²) in [5, 5.41) is 7.81. The van der Waals surface area contributed by atoms with E-state index in [9.17, 15) is 18.0 Å². The van der Waals surface area contributed by atoms with Gasteiger partial charge in [0.25, 0.3) is 5.91 Å². The molecule has 2 aromatic heterocycles. The quantitative estimate of drug-likeness (QED) is 0.437. The van der Waals surface area contributed by atoms with Gasteiger partial charge in [-0.2, -0.15) is 18.3 Å². The van der Waals surface area contributed by atoms with Crippen molar-refractivity contribution in [1.29, 1.82) is 0 Å². The van der Waals surface area contributed by atoms with Crippen LogP contribution in [0, 0.1) is 6.92 Å². The third-order valence-corrected chi connectivity index (χ3v) is 5.35. The number of aryl methyl sites for hydroxylation is 1. The molecule has 8 nitrogen and oxygen atoms in total. The molecular weight excluding hydrogens is 449 g/mol. The Bertz CT molecular complexity index is 1170. The number of aromatic nitrogens is 2. The van der Waals surface area contributed by atoms with Gasteiger partial charge in [0.05, 0.1) is 28.7 Å². The summed E-state index contributed by atoms with van der Waals surface area (Å²) < 4.78 is 38.6. The Hall–Kier alpha value is -3.76. The zero-order chi connectivity index (χ0) is 25.3. The zero-order valence-electron chi connectivity index (χ0n) is 19.5. The lowest BCUT2D eigenvalue weighted by molar-refractivity contribution is -0.140. The molecule has 3 heterocycles. The number of allylic oxidation sites excluding steroid dienone is 1. The second kappa shape index (κ2) is 9.24. The molecule has 1 aliphatic rings. The van der Waals surface area contributed by atoms with Crippen LogP contribution in [0.4, 0.5) is 13.2 Å². The monoisotopic (exact) mass is 474 g/mol. The average molecular weight is 474 g/mol. The number of oxime groups is 1. The number of pyridine rings is 2. The molecule has 0 aromatic carbocycles. The molecule has 1 aliphatic heterocycles. The molecule has 0 spiro atoms. The van der Waals surface area contributed by atoms with Crippen LogP contribution in [0.2, 0.25) is 0 Å². The van der Waals surface area contributed by atoms with Crippen molar-refractivity contribution in [2.24, 2.45) is 10.3 Å². The molecule has 0 bridgehead atoms. The lowest BCUT2D eigenvalue weighted by Gasteiger charge is -2.33. The van der Waals surface area contributed by atoms with Crippen LogP contribution in [0.15, 0.2) is 46.7 Å². The molecule has 3 rings (SSSR count). The zero-order valence-corrected chi connectivity index (χ0v) is 19.5. The van der Waals surface area contributed by atoms with E-state index in [4.69, 9.17) is 9.82 Å². The van der Waals surface area contributed by atoms with Gasteiger partial charge >= 0.3 is 6.18 Å². The molecule has 0 saturated carbocycles. The molecule has 0 unspecified atom stereocenters. The first kappa shape index (κ1) is 24.9. The molecule has 0 saturated heterocycles. The maximum atomic E-state index is 13.4. The fourth-order valence-corrected chi connectivity index (χ4v) is 3.98. The van der Waals surface area contributed by atoms with Gasteiger partial charge in [0.15, 0.2) is 0 Å².